The molecule has 21 heavy (non-hydrogen) atoms. The summed E-state index contributed by atoms with van der Waals surface area (Å²) in [7, 11) is 0. The number of halogens is 1. The summed E-state index contributed by atoms with van der Waals surface area (Å²) in [6.07, 6.45) is 12.2. The molecule has 0 aliphatic heterocycles. The molecule has 0 amide bonds. The van der Waals surface area contributed by atoms with Gasteiger partial charge in [-0.05, 0) is 19.3 Å². The third kappa shape index (κ3) is 17.7. The SMILES string of the molecule is CCCCCCCCC(=O)OCCOCCCCCCCl. The van der Waals surface area contributed by atoms with Gasteiger partial charge in [-0.25, -0.2) is 0 Å². The highest BCUT2D eigenvalue weighted by atomic mass is 35.5. The molecule has 0 aromatic rings. The Kier molecular flexibility index (Phi) is 17.5. The number of carbonyl (C=O) groups is 1. The van der Waals surface area contributed by atoms with Crippen LogP contribution >= 0.6 is 11.6 Å². The summed E-state index contributed by atoms with van der Waals surface area (Å²) in [5, 5.41) is 0. The minimum absolute atomic E-state index is 0.0868. The molecule has 0 unspecified atom stereocenters. The number of hydrogen-bond acceptors (Lipinski definition) is 3. The van der Waals surface area contributed by atoms with Crippen molar-refractivity contribution in [2.75, 3.05) is 25.7 Å². The van der Waals surface area contributed by atoms with E-state index in [-0.39, 0.29) is 5.97 Å². The average molecular weight is 321 g/mol. The molecule has 0 fully saturated rings. The van der Waals surface area contributed by atoms with Crippen molar-refractivity contribution in [3.63, 3.8) is 0 Å². The molecule has 0 aliphatic rings. The fourth-order valence-corrected chi connectivity index (χ4v) is 2.28. The van der Waals surface area contributed by atoms with Gasteiger partial charge in [-0.1, -0.05) is 51.9 Å². The van der Waals surface area contributed by atoms with Crippen LogP contribution in [0.15, 0.2) is 0 Å². The van der Waals surface area contributed by atoms with Crippen LogP contribution in [0.2, 0.25) is 0 Å². The molecule has 0 bridgehead atoms. The fraction of sp³-hybridized carbons (Fsp3) is 0.941. The van der Waals surface area contributed by atoms with Crippen LogP contribution in [0.1, 0.15) is 77.6 Å². The Balaban J connectivity index is 3.12. The van der Waals surface area contributed by atoms with Crippen LogP contribution in [0.4, 0.5) is 0 Å². The topological polar surface area (TPSA) is 35.5 Å². The molecular weight excluding hydrogens is 288 g/mol. The smallest absolute Gasteiger partial charge is 0.305 e. The molecule has 126 valence electrons. The van der Waals surface area contributed by atoms with Gasteiger partial charge in [0.2, 0.25) is 0 Å². The second-order valence-corrected chi connectivity index (χ2v) is 5.83. The first-order valence-corrected chi connectivity index (χ1v) is 9.14. The summed E-state index contributed by atoms with van der Waals surface area (Å²) in [5.74, 6) is 0.659. The van der Waals surface area contributed by atoms with E-state index in [0.29, 0.717) is 19.6 Å². The average Bonchev–Trinajstić information content (AvgIpc) is 2.49. The minimum atomic E-state index is -0.0868. The van der Waals surface area contributed by atoms with Gasteiger partial charge in [-0.15, -0.1) is 11.6 Å². The Morgan fingerprint density at radius 1 is 0.810 bits per heavy atom. The lowest BCUT2D eigenvalue weighted by Gasteiger charge is -2.06. The largest absolute Gasteiger partial charge is 0.463 e. The van der Waals surface area contributed by atoms with Crippen molar-refractivity contribution >= 4 is 17.6 Å². The monoisotopic (exact) mass is 320 g/mol. The maximum absolute atomic E-state index is 11.4. The van der Waals surface area contributed by atoms with Crippen molar-refractivity contribution in [1.29, 1.82) is 0 Å². The highest BCUT2D eigenvalue weighted by molar-refractivity contribution is 6.17. The molecule has 0 aromatic heterocycles. The third-order valence-electron chi connectivity index (χ3n) is 3.40. The molecule has 0 aliphatic carbocycles. The van der Waals surface area contributed by atoms with Gasteiger partial charge in [-0.2, -0.15) is 0 Å². The van der Waals surface area contributed by atoms with Crippen molar-refractivity contribution in [2.24, 2.45) is 0 Å². The zero-order chi connectivity index (χ0) is 15.6. The first kappa shape index (κ1) is 20.7. The quantitative estimate of drug-likeness (QED) is 0.225. The second-order valence-electron chi connectivity index (χ2n) is 5.45. The first-order valence-electron chi connectivity index (χ1n) is 8.60. The van der Waals surface area contributed by atoms with E-state index in [2.05, 4.69) is 6.92 Å². The van der Waals surface area contributed by atoms with E-state index in [9.17, 15) is 4.79 Å². The van der Waals surface area contributed by atoms with Crippen LogP contribution < -0.4 is 0 Å². The lowest BCUT2D eigenvalue weighted by atomic mass is 10.1. The predicted octanol–water partition coefficient (Wildman–Crippen LogP) is 5.10. The molecule has 4 heteroatoms. The molecule has 0 radical (unpaired) electrons. The summed E-state index contributed by atoms with van der Waals surface area (Å²) in [6.45, 7) is 3.85. The van der Waals surface area contributed by atoms with E-state index in [1.54, 1.807) is 0 Å². The lowest BCUT2D eigenvalue weighted by Crippen LogP contribution is -2.10. The van der Waals surface area contributed by atoms with Gasteiger partial charge in [0.15, 0.2) is 0 Å². The van der Waals surface area contributed by atoms with E-state index < -0.39 is 0 Å². The van der Waals surface area contributed by atoms with Gasteiger partial charge in [0.25, 0.3) is 0 Å². The Labute approximate surface area is 135 Å². The maximum atomic E-state index is 11.4. The van der Waals surface area contributed by atoms with Gasteiger partial charge in [0.1, 0.15) is 6.61 Å². The van der Waals surface area contributed by atoms with Crippen LogP contribution in [0, 0.1) is 0 Å². The van der Waals surface area contributed by atoms with Crippen LogP contribution in [0.3, 0.4) is 0 Å². The number of hydrogen-bond donors (Lipinski definition) is 0. The van der Waals surface area contributed by atoms with Gasteiger partial charge < -0.3 is 9.47 Å². The standard InChI is InChI=1S/C17H33ClO3/c1-2-3-4-5-6-9-12-17(19)21-16-15-20-14-11-8-7-10-13-18/h2-16H2,1H3. The molecule has 0 N–H and O–H groups in total. The van der Waals surface area contributed by atoms with E-state index in [0.717, 1.165) is 44.6 Å². The van der Waals surface area contributed by atoms with E-state index in [1.807, 2.05) is 0 Å². The maximum Gasteiger partial charge on any atom is 0.305 e. The number of ether oxygens (including phenoxy) is 2. The van der Waals surface area contributed by atoms with Gasteiger partial charge in [0.05, 0.1) is 6.61 Å². The van der Waals surface area contributed by atoms with Crippen LogP contribution in [0.25, 0.3) is 0 Å². The van der Waals surface area contributed by atoms with Gasteiger partial charge in [0, 0.05) is 18.9 Å². The Morgan fingerprint density at radius 3 is 2.24 bits per heavy atom. The van der Waals surface area contributed by atoms with Crippen molar-refractivity contribution in [3.8, 4) is 0 Å². The molecule has 0 saturated carbocycles. The van der Waals surface area contributed by atoms with Crippen molar-refractivity contribution in [2.45, 2.75) is 77.6 Å². The summed E-state index contributed by atoms with van der Waals surface area (Å²) < 4.78 is 10.6. The lowest BCUT2D eigenvalue weighted by molar-refractivity contribution is -0.145. The molecule has 0 spiro atoms. The predicted molar refractivity (Wildman–Crippen MR) is 89.0 cm³/mol. The molecule has 0 heterocycles. The normalized spacial score (nSPS) is 10.8. The summed E-state index contributed by atoms with van der Waals surface area (Å²) in [5.41, 5.74) is 0. The van der Waals surface area contributed by atoms with Gasteiger partial charge >= 0.3 is 5.97 Å². The van der Waals surface area contributed by atoms with E-state index in [4.69, 9.17) is 21.1 Å². The zero-order valence-corrected chi connectivity index (χ0v) is 14.5. The van der Waals surface area contributed by atoms with E-state index >= 15 is 0 Å². The number of esters is 1. The zero-order valence-electron chi connectivity index (χ0n) is 13.7. The highest BCUT2D eigenvalue weighted by Crippen LogP contribution is 2.07. The molecule has 0 saturated heterocycles. The fourth-order valence-electron chi connectivity index (χ4n) is 2.09. The summed E-state index contributed by atoms with van der Waals surface area (Å²) in [6, 6.07) is 0. The number of rotatable bonds is 16. The molecule has 0 atom stereocenters. The number of alkyl halides is 1. The summed E-state index contributed by atoms with van der Waals surface area (Å²) >= 11 is 5.60. The molecule has 0 aromatic carbocycles. The molecule has 0 rings (SSSR count). The number of carbonyl (C=O) groups excluding carboxylic acids is 1. The summed E-state index contributed by atoms with van der Waals surface area (Å²) in [4.78, 5) is 11.4. The number of unbranched alkanes of at least 4 members (excludes halogenated alkanes) is 8. The van der Waals surface area contributed by atoms with Crippen molar-refractivity contribution in [3.05, 3.63) is 0 Å². The third-order valence-corrected chi connectivity index (χ3v) is 3.66. The molecule has 3 nitrogen and oxygen atoms in total. The Morgan fingerprint density at radius 2 is 1.48 bits per heavy atom. The van der Waals surface area contributed by atoms with Crippen molar-refractivity contribution in [1.82, 2.24) is 0 Å². The van der Waals surface area contributed by atoms with Gasteiger partial charge in [-0.3, -0.25) is 4.79 Å². The van der Waals surface area contributed by atoms with Crippen LogP contribution in [-0.4, -0.2) is 31.7 Å². The minimum Gasteiger partial charge on any atom is -0.463 e. The van der Waals surface area contributed by atoms with Crippen LogP contribution in [0.5, 0.6) is 0 Å². The molecular formula is C17H33ClO3. The highest BCUT2D eigenvalue weighted by Gasteiger charge is 2.02. The van der Waals surface area contributed by atoms with E-state index in [1.165, 1.54) is 32.1 Å². The van der Waals surface area contributed by atoms with Crippen molar-refractivity contribution < 1.29 is 14.3 Å². The first-order chi connectivity index (χ1) is 10.3. The second kappa shape index (κ2) is 17.8. The van der Waals surface area contributed by atoms with Crippen LogP contribution in [-0.2, 0) is 14.3 Å². The Bertz CT molecular complexity index is 222. The Hall–Kier alpha value is -0.280.